The first-order chi connectivity index (χ1) is 9.70. The highest BCUT2D eigenvalue weighted by atomic mass is 16.3. The highest BCUT2D eigenvalue weighted by Crippen LogP contribution is 2.26. The third-order valence-electron chi connectivity index (χ3n) is 3.85. The molecular weight excluding hydrogens is 252 g/mol. The van der Waals surface area contributed by atoms with Gasteiger partial charge in [-0.05, 0) is 38.9 Å². The second-order valence-corrected chi connectivity index (χ2v) is 5.45. The first kappa shape index (κ1) is 14.9. The molecule has 0 aromatic carbocycles. The molecule has 0 bridgehead atoms. The molecule has 1 aliphatic rings. The van der Waals surface area contributed by atoms with Gasteiger partial charge in [0.05, 0.1) is 6.26 Å². The summed E-state index contributed by atoms with van der Waals surface area (Å²) in [4.78, 5) is 6.69. The maximum Gasteiger partial charge on any atom is 0.191 e. The van der Waals surface area contributed by atoms with E-state index >= 15 is 0 Å². The normalized spacial score (nSPS) is 17.3. The average Bonchev–Trinajstić information content (AvgIpc) is 3.18. The highest BCUT2D eigenvalue weighted by molar-refractivity contribution is 5.79. The Morgan fingerprint density at radius 2 is 2.30 bits per heavy atom. The molecule has 1 heterocycles. The van der Waals surface area contributed by atoms with E-state index in [4.69, 9.17) is 4.42 Å². The fourth-order valence-corrected chi connectivity index (χ4v) is 2.21. The van der Waals surface area contributed by atoms with E-state index in [1.54, 1.807) is 13.3 Å². The molecule has 1 aromatic rings. The van der Waals surface area contributed by atoms with Crippen molar-refractivity contribution in [2.24, 2.45) is 4.99 Å². The maximum absolute atomic E-state index is 5.30. The molecule has 1 unspecified atom stereocenters. The van der Waals surface area contributed by atoms with Crippen molar-refractivity contribution in [3.8, 4) is 0 Å². The summed E-state index contributed by atoms with van der Waals surface area (Å²) >= 11 is 0. The molecule has 1 aromatic heterocycles. The third-order valence-corrected chi connectivity index (χ3v) is 3.85. The summed E-state index contributed by atoms with van der Waals surface area (Å²) < 4.78 is 5.30. The molecular formula is C15H26N4O. The van der Waals surface area contributed by atoms with E-state index in [9.17, 15) is 0 Å². The Labute approximate surface area is 121 Å². The van der Waals surface area contributed by atoms with E-state index in [2.05, 4.69) is 34.5 Å². The molecule has 0 aliphatic heterocycles. The second-order valence-electron chi connectivity index (χ2n) is 5.45. The van der Waals surface area contributed by atoms with E-state index in [0.29, 0.717) is 6.04 Å². The molecule has 2 rings (SSSR count). The van der Waals surface area contributed by atoms with Crippen molar-refractivity contribution in [3.05, 3.63) is 24.2 Å². The molecule has 5 nitrogen and oxygen atoms in total. The summed E-state index contributed by atoms with van der Waals surface area (Å²) in [6.45, 7) is 3.98. The smallest absolute Gasteiger partial charge is 0.191 e. The zero-order chi connectivity index (χ0) is 14.4. The van der Waals surface area contributed by atoms with Crippen LogP contribution in [0.1, 0.15) is 25.5 Å². The van der Waals surface area contributed by atoms with Gasteiger partial charge in [0.25, 0.3) is 0 Å². The largest absolute Gasteiger partial charge is 0.469 e. The zero-order valence-electron chi connectivity index (χ0n) is 12.7. The van der Waals surface area contributed by atoms with Crippen LogP contribution in [0.5, 0.6) is 0 Å². The lowest BCUT2D eigenvalue weighted by Crippen LogP contribution is -2.45. The van der Waals surface area contributed by atoms with Gasteiger partial charge in [-0.1, -0.05) is 0 Å². The van der Waals surface area contributed by atoms with Crippen LogP contribution in [-0.4, -0.2) is 50.1 Å². The minimum atomic E-state index is 0.520. The van der Waals surface area contributed by atoms with Crippen LogP contribution in [0.25, 0.3) is 0 Å². The number of nitrogens with one attached hydrogen (secondary N) is 2. The van der Waals surface area contributed by atoms with E-state index in [1.807, 2.05) is 12.1 Å². The van der Waals surface area contributed by atoms with Gasteiger partial charge >= 0.3 is 0 Å². The van der Waals surface area contributed by atoms with Crippen molar-refractivity contribution in [2.45, 2.75) is 38.3 Å². The first-order valence-corrected chi connectivity index (χ1v) is 7.39. The summed E-state index contributed by atoms with van der Waals surface area (Å²) in [6.07, 6.45) is 5.26. The van der Waals surface area contributed by atoms with E-state index in [-0.39, 0.29) is 0 Å². The minimum absolute atomic E-state index is 0.520. The SMILES string of the molecule is CN=C(NCCc1ccco1)NCC(C)N(C)C1CC1. The number of furan rings is 1. The van der Waals surface area contributed by atoms with Gasteiger partial charge in [-0.2, -0.15) is 0 Å². The molecule has 1 saturated carbocycles. The Morgan fingerprint density at radius 1 is 1.50 bits per heavy atom. The molecule has 0 saturated heterocycles. The van der Waals surface area contributed by atoms with Gasteiger partial charge in [-0.15, -0.1) is 0 Å². The Bertz CT molecular complexity index is 412. The summed E-state index contributed by atoms with van der Waals surface area (Å²) in [7, 11) is 4.01. The standard InChI is InChI=1S/C15H26N4O/c1-12(19(3)13-6-7-13)11-18-15(16-2)17-9-8-14-5-4-10-20-14/h4-5,10,12-13H,6-9,11H2,1-3H3,(H2,16,17,18). The van der Waals surface area contributed by atoms with Crippen LogP contribution in [-0.2, 0) is 6.42 Å². The van der Waals surface area contributed by atoms with Crippen LogP contribution in [0.3, 0.4) is 0 Å². The van der Waals surface area contributed by atoms with Crippen molar-refractivity contribution in [2.75, 3.05) is 27.2 Å². The Morgan fingerprint density at radius 3 is 2.90 bits per heavy atom. The van der Waals surface area contributed by atoms with E-state index < -0.39 is 0 Å². The molecule has 112 valence electrons. The molecule has 1 atom stereocenters. The number of rotatable bonds is 7. The van der Waals surface area contributed by atoms with Crippen molar-refractivity contribution < 1.29 is 4.42 Å². The Balaban J connectivity index is 1.64. The average molecular weight is 278 g/mol. The van der Waals surface area contributed by atoms with Gasteiger partial charge in [0.1, 0.15) is 5.76 Å². The highest BCUT2D eigenvalue weighted by Gasteiger charge is 2.28. The fraction of sp³-hybridized carbons (Fsp3) is 0.667. The van der Waals surface area contributed by atoms with E-state index in [0.717, 1.165) is 37.3 Å². The fourth-order valence-electron chi connectivity index (χ4n) is 2.21. The van der Waals surface area contributed by atoms with Crippen LogP contribution in [0, 0.1) is 0 Å². The predicted octanol–water partition coefficient (Wildman–Crippen LogP) is 1.47. The summed E-state index contributed by atoms with van der Waals surface area (Å²) in [5, 5.41) is 6.69. The van der Waals surface area contributed by atoms with E-state index in [1.165, 1.54) is 12.8 Å². The summed E-state index contributed by atoms with van der Waals surface area (Å²) in [6, 6.07) is 5.22. The molecule has 5 heteroatoms. The van der Waals surface area contributed by atoms with Crippen LogP contribution in [0.4, 0.5) is 0 Å². The number of nitrogens with zero attached hydrogens (tertiary/aromatic N) is 2. The summed E-state index contributed by atoms with van der Waals surface area (Å²) in [5.41, 5.74) is 0. The molecule has 0 spiro atoms. The number of hydrogen-bond acceptors (Lipinski definition) is 3. The van der Waals surface area contributed by atoms with Crippen LogP contribution in [0.15, 0.2) is 27.8 Å². The van der Waals surface area contributed by atoms with Gasteiger partial charge in [0.2, 0.25) is 0 Å². The Kier molecular flexibility index (Phi) is 5.47. The van der Waals surface area contributed by atoms with Gasteiger partial charge in [-0.25, -0.2) is 0 Å². The van der Waals surface area contributed by atoms with Gasteiger partial charge < -0.3 is 15.1 Å². The van der Waals surface area contributed by atoms with Crippen molar-refractivity contribution in [3.63, 3.8) is 0 Å². The summed E-state index contributed by atoms with van der Waals surface area (Å²) in [5.74, 6) is 1.85. The van der Waals surface area contributed by atoms with Crippen molar-refractivity contribution in [1.82, 2.24) is 15.5 Å². The first-order valence-electron chi connectivity index (χ1n) is 7.39. The number of guanidine groups is 1. The van der Waals surface area contributed by atoms with Crippen molar-refractivity contribution >= 4 is 5.96 Å². The zero-order valence-corrected chi connectivity index (χ0v) is 12.7. The second kappa shape index (κ2) is 7.33. The minimum Gasteiger partial charge on any atom is -0.469 e. The lowest BCUT2D eigenvalue weighted by Gasteiger charge is -2.25. The lowest BCUT2D eigenvalue weighted by atomic mass is 10.3. The molecule has 2 N–H and O–H groups in total. The molecule has 1 fully saturated rings. The van der Waals surface area contributed by atoms with Crippen LogP contribution < -0.4 is 10.6 Å². The molecule has 0 radical (unpaired) electrons. The Hall–Kier alpha value is -1.49. The van der Waals surface area contributed by atoms with Gasteiger partial charge in [0, 0.05) is 38.6 Å². The number of likely N-dealkylation sites (N-methyl/N-ethyl adjacent to an activating group) is 1. The third kappa shape index (κ3) is 4.56. The maximum atomic E-state index is 5.30. The van der Waals surface area contributed by atoms with Gasteiger partial charge in [-0.3, -0.25) is 9.89 Å². The lowest BCUT2D eigenvalue weighted by molar-refractivity contribution is 0.247. The quantitative estimate of drug-likeness (QED) is 0.586. The molecule has 0 amide bonds. The van der Waals surface area contributed by atoms with Crippen LogP contribution >= 0.6 is 0 Å². The molecule has 1 aliphatic carbocycles. The van der Waals surface area contributed by atoms with Crippen molar-refractivity contribution in [1.29, 1.82) is 0 Å². The molecule has 20 heavy (non-hydrogen) atoms. The van der Waals surface area contributed by atoms with Crippen LogP contribution in [0.2, 0.25) is 0 Å². The predicted molar refractivity (Wildman–Crippen MR) is 82.0 cm³/mol. The topological polar surface area (TPSA) is 52.8 Å². The monoisotopic (exact) mass is 278 g/mol. The number of hydrogen-bond donors (Lipinski definition) is 2. The van der Waals surface area contributed by atoms with Gasteiger partial charge in [0.15, 0.2) is 5.96 Å². The number of aliphatic imine (C=N–C) groups is 1.